The first-order chi connectivity index (χ1) is 11.5. The van der Waals surface area contributed by atoms with Gasteiger partial charge in [0, 0.05) is 6.07 Å². The molecule has 0 radical (unpaired) electrons. The van der Waals surface area contributed by atoms with E-state index in [1.165, 1.54) is 47.9 Å². The number of nitrogens with zero attached hydrogens (tertiary/aromatic N) is 2. The topological polar surface area (TPSA) is 93.8 Å². The molecule has 7 nitrogen and oxygen atoms in total. The Hall–Kier alpha value is -2.81. The number of carbonyl (C=O) groups excluding carboxylic acids is 1. The van der Waals surface area contributed by atoms with Gasteiger partial charge in [-0.1, -0.05) is 6.92 Å². The van der Waals surface area contributed by atoms with E-state index in [9.17, 15) is 19.3 Å². The molecular weight excluding hydrogens is 337 g/mol. The Balaban J connectivity index is 1.86. The summed E-state index contributed by atoms with van der Waals surface area (Å²) in [7, 11) is 0. The van der Waals surface area contributed by atoms with E-state index in [2.05, 4.69) is 10.5 Å². The zero-order chi connectivity index (χ0) is 17.5. The number of amides is 1. The Morgan fingerprint density at radius 2 is 2.17 bits per heavy atom. The number of hydrazone groups is 1. The number of ether oxygens (including phenoxy) is 1. The van der Waals surface area contributed by atoms with Crippen molar-refractivity contribution in [2.45, 2.75) is 13.3 Å². The van der Waals surface area contributed by atoms with Crippen molar-refractivity contribution in [3.05, 3.63) is 56.0 Å². The van der Waals surface area contributed by atoms with Crippen LogP contribution >= 0.6 is 11.3 Å². The molecule has 1 N–H and O–H groups in total. The summed E-state index contributed by atoms with van der Waals surface area (Å²) in [5.74, 6) is -0.540. The van der Waals surface area contributed by atoms with Crippen LogP contribution in [0.15, 0.2) is 35.4 Å². The average molecular weight is 351 g/mol. The van der Waals surface area contributed by atoms with E-state index in [1.54, 1.807) is 0 Å². The molecular formula is C15H14FN3O4S. The minimum atomic E-state index is -0.502. The standard InChI is InChI=1S/C15H14FN3O4S/c1-2-14-13(19(21)22)7-12(24-14)8-17-18-15(20)9-23-11-5-3-10(16)4-6-11/h3-8H,2,9H2,1H3,(H,18,20). The van der Waals surface area contributed by atoms with Gasteiger partial charge in [-0.05, 0) is 30.7 Å². The Labute approximate surface area is 140 Å². The highest BCUT2D eigenvalue weighted by Gasteiger charge is 2.16. The number of hydrogen-bond donors (Lipinski definition) is 1. The molecule has 0 aliphatic rings. The molecule has 1 amide bonds. The third kappa shape index (κ3) is 4.85. The zero-order valence-electron chi connectivity index (χ0n) is 12.7. The van der Waals surface area contributed by atoms with Crippen LogP contribution in [0.4, 0.5) is 10.1 Å². The van der Waals surface area contributed by atoms with E-state index < -0.39 is 16.6 Å². The molecule has 0 aliphatic carbocycles. The van der Waals surface area contributed by atoms with Crippen molar-refractivity contribution < 1.29 is 18.8 Å². The highest BCUT2D eigenvalue weighted by atomic mass is 32.1. The van der Waals surface area contributed by atoms with Crippen molar-refractivity contribution in [2.75, 3.05) is 6.61 Å². The van der Waals surface area contributed by atoms with Crippen LogP contribution in [0.3, 0.4) is 0 Å². The maximum Gasteiger partial charge on any atom is 0.283 e. The van der Waals surface area contributed by atoms with Gasteiger partial charge in [0.15, 0.2) is 6.61 Å². The summed E-state index contributed by atoms with van der Waals surface area (Å²) < 4.78 is 17.9. The van der Waals surface area contributed by atoms with Crippen molar-refractivity contribution in [1.29, 1.82) is 0 Å². The quantitative estimate of drug-likeness (QED) is 0.471. The SMILES string of the molecule is CCc1sc(C=NNC(=O)COc2ccc(F)cc2)cc1[N+](=O)[O-]. The maximum absolute atomic E-state index is 12.7. The minimum Gasteiger partial charge on any atom is -0.484 e. The molecule has 0 aliphatic heterocycles. The largest absolute Gasteiger partial charge is 0.484 e. The van der Waals surface area contributed by atoms with Gasteiger partial charge >= 0.3 is 0 Å². The Kier molecular flexibility index (Phi) is 5.96. The summed E-state index contributed by atoms with van der Waals surface area (Å²) in [6.45, 7) is 1.54. The second kappa shape index (κ2) is 8.16. The lowest BCUT2D eigenvalue weighted by Gasteiger charge is -2.04. The van der Waals surface area contributed by atoms with E-state index >= 15 is 0 Å². The third-order valence-electron chi connectivity index (χ3n) is 2.89. The van der Waals surface area contributed by atoms with Gasteiger partial charge in [-0.2, -0.15) is 5.10 Å². The third-order valence-corrected chi connectivity index (χ3v) is 4.09. The van der Waals surface area contributed by atoms with E-state index in [-0.39, 0.29) is 12.3 Å². The van der Waals surface area contributed by atoms with Gasteiger partial charge in [0.05, 0.1) is 20.9 Å². The number of nitro groups is 1. The summed E-state index contributed by atoms with van der Waals surface area (Å²) in [5, 5.41) is 14.6. The first kappa shape index (κ1) is 17.5. The highest BCUT2D eigenvalue weighted by molar-refractivity contribution is 7.14. The molecule has 2 aromatic rings. The van der Waals surface area contributed by atoms with Gasteiger partial charge in [-0.3, -0.25) is 14.9 Å². The molecule has 2 rings (SSSR count). The van der Waals surface area contributed by atoms with Crippen LogP contribution in [-0.4, -0.2) is 23.7 Å². The molecule has 9 heteroatoms. The number of benzene rings is 1. The van der Waals surface area contributed by atoms with E-state index in [0.717, 1.165) is 0 Å². The maximum atomic E-state index is 12.7. The fourth-order valence-electron chi connectivity index (χ4n) is 1.79. The molecule has 0 unspecified atom stereocenters. The molecule has 126 valence electrons. The molecule has 0 fully saturated rings. The van der Waals surface area contributed by atoms with Gasteiger partial charge in [-0.15, -0.1) is 11.3 Å². The number of carbonyl (C=O) groups is 1. The van der Waals surface area contributed by atoms with Crippen LogP contribution in [0.25, 0.3) is 0 Å². The molecule has 0 saturated carbocycles. The van der Waals surface area contributed by atoms with Crippen molar-refractivity contribution in [3.63, 3.8) is 0 Å². The first-order valence-electron chi connectivity index (χ1n) is 6.97. The van der Waals surface area contributed by atoms with Crippen molar-refractivity contribution in [2.24, 2.45) is 5.10 Å². The highest BCUT2D eigenvalue weighted by Crippen LogP contribution is 2.28. The van der Waals surface area contributed by atoms with Crippen molar-refractivity contribution in [3.8, 4) is 5.75 Å². The van der Waals surface area contributed by atoms with Crippen molar-refractivity contribution >= 4 is 29.1 Å². The Morgan fingerprint density at radius 1 is 1.46 bits per heavy atom. The summed E-state index contributed by atoms with van der Waals surface area (Å²) in [4.78, 5) is 23.2. The average Bonchev–Trinajstić information content (AvgIpc) is 2.98. The van der Waals surface area contributed by atoms with Gasteiger partial charge in [0.2, 0.25) is 0 Å². The van der Waals surface area contributed by atoms with Crippen LogP contribution in [0, 0.1) is 15.9 Å². The second-order valence-corrected chi connectivity index (χ2v) is 5.77. The van der Waals surface area contributed by atoms with E-state index in [1.807, 2.05) is 6.92 Å². The van der Waals surface area contributed by atoms with Crippen LogP contribution in [0.1, 0.15) is 16.7 Å². The number of halogens is 1. The minimum absolute atomic E-state index is 0.0509. The lowest BCUT2D eigenvalue weighted by molar-refractivity contribution is -0.385. The predicted octanol–water partition coefficient (Wildman–Crippen LogP) is 2.89. The lowest BCUT2D eigenvalue weighted by Crippen LogP contribution is -2.24. The van der Waals surface area contributed by atoms with Crippen molar-refractivity contribution in [1.82, 2.24) is 5.43 Å². The fraction of sp³-hybridized carbons (Fsp3) is 0.200. The van der Waals surface area contributed by atoms with Gasteiger partial charge in [0.1, 0.15) is 11.6 Å². The molecule has 0 bridgehead atoms. The molecule has 24 heavy (non-hydrogen) atoms. The molecule has 0 atom stereocenters. The molecule has 1 aromatic carbocycles. The normalized spacial score (nSPS) is 10.8. The smallest absolute Gasteiger partial charge is 0.283 e. The Morgan fingerprint density at radius 3 is 2.75 bits per heavy atom. The van der Waals surface area contributed by atoms with Crippen LogP contribution in [0.2, 0.25) is 0 Å². The fourth-order valence-corrected chi connectivity index (χ4v) is 2.73. The summed E-state index contributed by atoms with van der Waals surface area (Å²) >= 11 is 1.24. The van der Waals surface area contributed by atoms with Crippen LogP contribution in [-0.2, 0) is 11.2 Å². The summed E-state index contributed by atoms with van der Waals surface area (Å²) in [5.41, 5.74) is 2.31. The number of rotatable bonds is 7. The lowest BCUT2D eigenvalue weighted by atomic mass is 10.3. The first-order valence-corrected chi connectivity index (χ1v) is 7.78. The molecule has 1 aromatic heterocycles. The summed E-state index contributed by atoms with van der Waals surface area (Å²) in [6, 6.07) is 6.67. The van der Waals surface area contributed by atoms with E-state index in [4.69, 9.17) is 4.74 Å². The second-order valence-electron chi connectivity index (χ2n) is 4.60. The Bertz CT molecular complexity index is 759. The number of hydrogen-bond acceptors (Lipinski definition) is 6. The van der Waals surface area contributed by atoms with Gasteiger partial charge < -0.3 is 4.74 Å². The van der Waals surface area contributed by atoms with E-state index in [0.29, 0.717) is 21.9 Å². The number of nitrogens with one attached hydrogen (secondary N) is 1. The van der Waals surface area contributed by atoms with Crippen LogP contribution < -0.4 is 10.2 Å². The molecule has 0 saturated heterocycles. The zero-order valence-corrected chi connectivity index (χ0v) is 13.5. The monoisotopic (exact) mass is 351 g/mol. The predicted molar refractivity (Wildman–Crippen MR) is 88.0 cm³/mol. The van der Waals surface area contributed by atoms with Gasteiger partial charge in [0.25, 0.3) is 11.6 Å². The summed E-state index contributed by atoms with van der Waals surface area (Å²) in [6.07, 6.45) is 1.89. The van der Waals surface area contributed by atoms with Gasteiger partial charge in [-0.25, -0.2) is 9.82 Å². The van der Waals surface area contributed by atoms with Crippen LogP contribution in [0.5, 0.6) is 5.75 Å². The number of aryl methyl sites for hydroxylation is 1. The number of thiophene rings is 1. The molecule has 0 spiro atoms. The molecule has 1 heterocycles.